The zero-order valence-corrected chi connectivity index (χ0v) is 12.5. The average molecular weight is 327 g/mol. The number of alkyl halides is 1. The third-order valence-corrected chi connectivity index (χ3v) is 4.29. The molecule has 0 saturated heterocycles. The minimum absolute atomic E-state index is 0.111. The first-order valence-corrected chi connectivity index (χ1v) is 7.91. The van der Waals surface area contributed by atoms with Crippen molar-refractivity contribution < 1.29 is 23.3 Å². The van der Waals surface area contributed by atoms with Crippen molar-refractivity contribution in [2.24, 2.45) is 0 Å². The molecule has 1 unspecified atom stereocenters. The van der Waals surface area contributed by atoms with E-state index < -0.39 is 18.6 Å². The number of hydrogen-bond acceptors (Lipinski definition) is 5. The van der Waals surface area contributed by atoms with Crippen LogP contribution in [0.5, 0.6) is 0 Å². The summed E-state index contributed by atoms with van der Waals surface area (Å²) >= 11 is 5.52. The van der Waals surface area contributed by atoms with Gasteiger partial charge in [-0.15, -0.1) is 11.6 Å². The van der Waals surface area contributed by atoms with Crippen LogP contribution in [0.25, 0.3) is 0 Å². The fourth-order valence-electron chi connectivity index (χ4n) is 1.35. The molecule has 0 aliphatic rings. The standard InChI is InChI=1S/C10H16ClN2O6P/c1-12(7-3-2-6-11)20(16,17)18-8-9-4-5-10(19-9)13(14)15/h4-5H,2-3,6-8H2,1H3,(H,16,17). The second kappa shape index (κ2) is 7.75. The predicted molar refractivity (Wildman–Crippen MR) is 72.6 cm³/mol. The fraction of sp³-hybridized carbons (Fsp3) is 0.600. The third kappa shape index (κ3) is 5.22. The highest BCUT2D eigenvalue weighted by Gasteiger charge is 2.26. The minimum Gasteiger partial charge on any atom is -0.403 e. The van der Waals surface area contributed by atoms with Crippen LogP contribution in [0.4, 0.5) is 5.88 Å². The lowest BCUT2D eigenvalue weighted by Gasteiger charge is -2.21. The molecule has 20 heavy (non-hydrogen) atoms. The molecule has 1 atom stereocenters. The quantitative estimate of drug-likeness (QED) is 0.244. The van der Waals surface area contributed by atoms with Crippen LogP contribution in [0, 0.1) is 10.1 Å². The highest BCUT2D eigenvalue weighted by Crippen LogP contribution is 2.46. The van der Waals surface area contributed by atoms with Crippen molar-refractivity contribution in [3.05, 3.63) is 28.0 Å². The van der Waals surface area contributed by atoms with E-state index in [4.69, 9.17) is 20.5 Å². The molecule has 0 amide bonds. The molecule has 8 nitrogen and oxygen atoms in total. The van der Waals surface area contributed by atoms with Crippen LogP contribution in [-0.4, -0.2) is 34.0 Å². The van der Waals surface area contributed by atoms with Gasteiger partial charge in [0.1, 0.15) is 17.3 Å². The van der Waals surface area contributed by atoms with Crippen molar-refractivity contribution in [2.75, 3.05) is 19.5 Å². The molecule has 1 aromatic heterocycles. The molecule has 10 heteroatoms. The summed E-state index contributed by atoms with van der Waals surface area (Å²) in [6, 6.07) is 2.48. The van der Waals surface area contributed by atoms with E-state index in [2.05, 4.69) is 0 Å². The van der Waals surface area contributed by atoms with E-state index in [0.717, 1.165) is 12.5 Å². The van der Waals surface area contributed by atoms with Gasteiger partial charge < -0.3 is 9.31 Å². The summed E-state index contributed by atoms with van der Waals surface area (Å²) in [6.07, 6.45) is 1.40. The van der Waals surface area contributed by atoms with Gasteiger partial charge in [-0.1, -0.05) is 0 Å². The van der Waals surface area contributed by atoms with E-state index in [1.165, 1.54) is 17.8 Å². The largest absolute Gasteiger partial charge is 0.433 e. The Morgan fingerprint density at radius 3 is 2.80 bits per heavy atom. The molecule has 1 rings (SSSR count). The number of halogens is 1. The molecule has 0 aliphatic carbocycles. The first-order valence-electron chi connectivity index (χ1n) is 5.85. The number of nitro groups is 1. The summed E-state index contributed by atoms with van der Waals surface area (Å²) in [5.41, 5.74) is 0. The van der Waals surface area contributed by atoms with E-state index in [-0.39, 0.29) is 12.4 Å². The van der Waals surface area contributed by atoms with Gasteiger partial charge in [0.2, 0.25) is 0 Å². The Bertz CT molecular complexity index is 494. The maximum atomic E-state index is 11.9. The van der Waals surface area contributed by atoms with Gasteiger partial charge in [0.15, 0.2) is 0 Å². The lowest BCUT2D eigenvalue weighted by atomic mass is 10.3. The molecular formula is C10H16ClN2O6P. The number of rotatable bonds is 9. The summed E-state index contributed by atoms with van der Waals surface area (Å²) in [6.45, 7) is 0.0419. The summed E-state index contributed by atoms with van der Waals surface area (Å²) in [4.78, 5) is 19.4. The van der Waals surface area contributed by atoms with Crippen molar-refractivity contribution in [3.8, 4) is 0 Å². The third-order valence-electron chi connectivity index (χ3n) is 2.50. The maximum absolute atomic E-state index is 11.9. The molecule has 0 aliphatic heterocycles. The van der Waals surface area contributed by atoms with Gasteiger partial charge in [-0.25, -0.2) is 9.24 Å². The number of unbranched alkanes of at least 4 members (excludes halogenated alkanes) is 1. The Labute approximate surface area is 121 Å². The highest BCUT2D eigenvalue weighted by molar-refractivity contribution is 7.50. The zero-order valence-electron chi connectivity index (χ0n) is 10.9. The number of hydrogen-bond donors (Lipinski definition) is 1. The fourth-order valence-corrected chi connectivity index (χ4v) is 2.43. The molecule has 1 N–H and O–H groups in total. The van der Waals surface area contributed by atoms with Crippen LogP contribution in [0.15, 0.2) is 16.5 Å². The highest BCUT2D eigenvalue weighted by atomic mass is 35.5. The molecule has 114 valence electrons. The normalized spacial score (nSPS) is 14.4. The smallest absolute Gasteiger partial charge is 0.403 e. The molecule has 0 spiro atoms. The second-order valence-corrected chi connectivity index (χ2v) is 6.34. The Kier molecular flexibility index (Phi) is 6.64. The van der Waals surface area contributed by atoms with Crippen molar-refractivity contribution in [2.45, 2.75) is 19.4 Å². The molecular weight excluding hydrogens is 311 g/mol. The second-order valence-electron chi connectivity index (χ2n) is 4.04. The average Bonchev–Trinajstić information content (AvgIpc) is 2.85. The molecule has 0 bridgehead atoms. The van der Waals surface area contributed by atoms with Crippen LogP contribution in [-0.2, 0) is 15.7 Å². The van der Waals surface area contributed by atoms with Crippen LogP contribution in [0.1, 0.15) is 18.6 Å². The van der Waals surface area contributed by atoms with Gasteiger partial charge in [0, 0.05) is 12.4 Å². The van der Waals surface area contributed by atoms with Crippen LogP contribution < -0.4 is 0 Å². The summed E-state index contributed by atoms with van der Waals surface area (Å²) in [5.74, 6) is 0.160. The van der Waals surface area contributed by atoms with Gasteiger partial charge >= 0.3 is 13.6 Å². The SMILES string of the molecule is CN(CCCCCl)P(=O)(O)OCc1ccc([N+](=O)[O-])o1. The molecule has 0 saturated carbocycles. The zero-order chi connectivity index (χ0) is 15.2. The lowest BCUT2D eigenvalue weighted by Crippen LogP contribution is -2.18. The molecule has 1 aromatic rings. The van der Waals surface area contributed by atoms with E-state index in [0.29, 0.717) is 18.8 Å². The van der Waals surface area contributed by atoms with E-state index in [1.807, 2.05) is 0 Å². The number of nitrogens with zero attached hydrogens (tertiary/aromatic N) is 2. The topological polar surface area (TPSA) is 106 Å². The van der Waals surface area contributed by atoms with E-state index in [1.54, 1.807) is 0 Å². The van der Waals surface area contributed by atoms with Gasteiger partial charge in [0.05, 0.1) is 6.07 Å². The van der Waals surface area contributed by atoms with Crippen LogP contribution in [0.3, 0.4) is 0 Å². The molecule has 0 fully saturated rings. The summed E-state index contributed by atoms with van der Waals surface area (Å²) < 4.78 is 22.8. The van der Waals surface area contributed by atoms with Gasteiger partial charge in [-0.2, -0.15) is 0 Å². The van der Waals surface area contributed by atoms with Gasteiger partial charge in [-0.05, 0) is 26.0 Å². The molecule has 1 heterocycles. The van der Waals surface area contributed by atoms with Crippen LogP contribution in [0.2, 0.25) is 0 Å². The molecule has 0 radical (unpaired) electrons. The Morgan fingerprint density at radius 2 is 2.25 bits per heavy atom. The van der Waals surface area contributed by atoms with Crippen LogP contribution >= 0.6 is 19.3 Å². The minimum atomic E-state index is -3.94. The van der Waals surface area contributed by atoms with Crippen molar-refractivity contribution >= 4 is 25.2 Å². The summed E-state index contributed by atoms with van der Waals surface area (Å²) in [7, 11) is -2.49. The maximum Gasteiger partial charge on any atom is 0.433 e. The van der Waals surface area contributed by atoms with Crippen molar-refractivity contribution in [3.63, 3.8) is 0 Å². The Morgan fingerprint density at radius 1 is 1.55 bits per heavy atom. The Hall–Kier alpha value is -0.920. The van der Waals surface area contributed by atoms with Crippen molar-refractivity contribution in [1.29, 1.82) is 0 Å². The molecule has 0 aromatic carbocycles. The Balaban J connectivity index is 2.49. The lowest BCUT2D eigenvalue weighted by molar-refractivity contribution is -0.402. The first kappa shape index (κ1) is 17.1. The predicted octanol–water partition coefficient (Wildman–Crippen LogP) is 2.76. The first-order chi connectivity index (χ1) is 9.36. The van der Waals surface area contributed by atoms with E-state index >= 15 is 0 Å². The van der Waals surface area contributed by atoms with Crippen molar-refractivity contribution in [1.82, 2.24) is 4.67 Å². The van der Waals surface area contributed by atoms with Gasteiger partial charge in [0.25, 0.3) is 0 Å². The number of furan rings is 1. The monoisotopic (exact) mass is 326 g/mol. The van der Waals surface area contributed by atoms with E-state index in [9.17, 15) is 19.6 Å². The summed E-state index contributed by atoms with van der Waals surface area (Å²) in [5, 5.41) is 10.4. The van der Waals surface area contributed by atoms with Gasteiger partial charge in [-0.3, -0.25) is 14.6 Å².